The molecule has 0 aromatic heterocycles. The highest BCUT2D eigenvalue weighted by Crippen LogP contribution is 2.05. The minimum Gasteiger partial charge on any atom is -0.473 e. The molecule has 80 valence electrons. The summed E-state index contributed by atoms with van der Waals surface area (Å²) < 4.78 is 3.70. The zero-order valence-corrected chi connectivity index (χ0v) is 6.84. The molecule has 0 saturated carbocycles. The smallest absolute Gasteiger partial charge is 0.424 e. The van der Waals surface area contributed by atoms with E-state index in [2.05, 4.69) is 4.74 Å². The van der Waals surface area contributed by atoms with E-state index in [0.29, 0.717) is 0 Å². The molecule has 0 atom stereocenters. The van der Waals surface area contributed by atoms with Crippen LogP contribution in [-0.2, 0) is 19.1 Å². The molecule has 8 nitrogen and oxygen atoms in total. The maximum atomic E-state index is 10.6. The Morgan fingerprint density at radius 2 is 1.64 bits per heavy atom. The Labute approximate surface area is 77.3 Å². The van der Waals surface area contributed by atoms with Crippen molar-refractivity contribution in [1.29, 1.82) is 0 Å². The van der Waals surface area contributed by atoms with Gasteiger partial charge in [-0.2, -0.15) is 0 Å². The number of esters is 2. The van der Waals surface area contributed by atoms with Crippen LogP contribution in [0.25, 0.3) is 0 Å². The number of aliphatic carboxylic acids is 1. The lowest BCUT2D eigenvalue weighted by atomic mass is 10.3. The van der Waals surface area contributed by atoms with Crippen molar-refractivity contribution >= 4 is 17.9 Å². The average molecular weight is 208 g/mol. The molecule has 0 aromatic carbocycles. The van der Waals surface area contributed by atoms with E-state index in [-0.39, 0.29) is 0 Å². The summed E-state index contributed by atoms with van der Waals surface area (Å²) in [5.41, 5.74) is 0. The van der Waals surface area contributed by atoms with Gasteiger partial charge in [0.2, 0.25) is 0 Å². The molecule has 0 amide bonds. The van der Waals surface area contributed by atoms with Crippen molar-refractivity contribution in [3.05, 3.63) is 0 Å². The molecule has 0 aromatic rings. The Morgan fingerprint density at radius 1 is 1.14 bits per heavy atom. The maximum absolute atomic E-state index is 10.6. The lowest BCUT2D eigenvalue weighted by Gasteiger charge is -2.11. The molecular formula is C6H8O8. The van der Waals surface area contributed by atoms with Gasteiger partial charge in [0.1, 0.15) is 0 Å². The van der Waals surface area contributed by atoms with Crippen molar-refractivity contribution in [3.8, 4) is 0 Å². The van der Waals surface area contributed by atoms with E-state index >= 15 is 0 Å². The predicted octanol–water partition coefficient (Wildman–Crippen LogP) is -2.45. The molecule has 0 radical (unpaired) electrons. The molecule has 0 aliphatic carbocycles. The fourth-order valence-electron chi connectivity index (χ4n) is 0.468. The third-order valence-electron chi connectivity index (χ3n) is 1.05. The highest BCUT2D eigenvalue weighted by Gasteiger charge is 2.23. The van der Waals surface area contributed by atoms with Crippen LogP contribution in [0.3, 0.4) is 0 Å². The van der Waals surface area contributed by atoms with Crippen LogP contribution in [0.1, 0.15) is 12.8 Å². The first kappa shape index (κ1) is 12.5. The Balaban J connectivity index is 3.89. The molecule has 0 unspecified atom stereocenters. The van der Waals surface area contributed by atoms with Crippen LogP contribution in [0.4, 0.5) is 0 Å². The van der Waals surface area contributed by atoms with E-state index < -0.39 is 36.7 Å². The van der Waals surface area contributed by atoms with Gasteiger partial charge in [0.15, 0.2) is 0 Å². The lowest BCUT2D eigenvalue weighted by Crippen LogP contribution is -2.29. The van der Waals surface area contributed by atoms with E-state index in [9.17, 15) is 14.4 Å². The number of ether oxygens (including phenoxy) is 1. The number of aliphatic hydroxyl groups is 3. The normalized spacial score (nSPS) is 10.8. The maximum Gasteiger partial charge on any atom is 0.424 e. The van der Waals surface area contributed by atoms with Crippen LogP contribution >= 0.6 is 0 Å². The van der Waals surface area contributed by atoms with Gasteiger partial charge in [0.05, 0.1) is 6.42 Å². The van der Waals surface area contributed by atoms with Gasteiger partial charge in [0.25, 0.3) is 5.97 Å². The minimum atomic E-state index is -3.05. The molecule has 8 heteroatoms. The summed E-state index contributed by atoms with van der Waals surface area (Å²) in [6, 6.07) is 0. The number of carboxylic acids is 1. The van der Waals surface area contributed by atoms with E-state index in [1.807, 2.05) is 0 Å². The van der Waals surface area contributed by atoms with Gasteiger partial charge < -0.3 is 25.2 Å². The summed E-state index contributed by atoms with van der Waals surface area (Å²) >= 11 is 0. The molecule has 4 N–H and O–H groups in total. The standard InChI is InChI=1S/C6H8O8/c7-3(1-2-6(11,12)13)14-5(10)4(8)9/h11-13H,1-2H2,(H,8,9). The number of hydrogen-bond donors (Lipinski definition) is 4. The summed E-state index contributed by atoms with van der Waals surface area (Å²) in [6.45, 7) is 0. The zero-order valence-electron chi connectivity index (χ0n) is 6.84. The summed E-state index contributed by atoms with van der Waals surface area (Å²) in [4.78, 5) is 30.7. The van der Waals surface area contributed by atoms with Gasteiger partial charge in [-0.05, 0) is 0 Å². The summed E-state index contributed by atoms with van der Waals surface area (Å²) in [7, 11) is 0. The van der Waals surface area contributed by atoms with Crippen LogP contribution in [0.2, 0.25) is 0 Å². The first-order valence-electron chi connectivity index (χ1n) is 3.37. The van der Waals surface area contributed by atoms with Crippen LogP contribution < -0.4 is 0 Å². The molecule has 0 spiro atoms. The third-order valence-corrected chi connectivity index (χ3v) is 1.05. The highest BCUT2D eigenvalue weighted by atomic mass is 16.7. The van der Waals surface area contributed by atoms with E-state index in [4.69, 9.17) is 20.4 Å². The first-order chi connectivity index (χ1) is 6.22. The molecular weight excluding hydrogens is 200 g/mol. The number of hydrogen-bond acceptors (Lipinski definition) is 7. The minimum absolute atomic E-state index is 0.706. The van der Waals surface area contributed by atoms with Gasteiger partial charge in [-0.15, -0.1) is 0 Å². The van der Waals surface area contributed by atoms with Gasteiger partial charge in [-0.3, -0.25) is 4.79 Å². The Hall–Kier alpha value is -1.51. The van der Waals surface area contributed by atoms with Gasteiger partial charge in [0, 0.05) is 6.42 Å². The topological polar surface area (TPSA) is 141 Å². The van der Waals surface area contributed by atoms with Crippen LogP contribution in [0, 0.1) is 0 Å². The van der Waals surface area contributed by atoms with E-state index in [1.54, 1.807) is 0 Å². The van der Waals surface area contributed by atoms with Crippen LogP contribution in [0.5, 0.6) is 0 Å². The van der Waals surface area contributed by atoms with E-state index in [0.717, 1.165) is 0 Å². The van der Waals surface area contributed by atoms with Crippen molar-refractivity contribution in [1.82, 2.24) is 0 Å². The molecule has 0 aliphatic rings. The molecule has 0 aliphatic heterocycles. The average Bonchev–Trinajstić information content (AvgIpc) is 1.99. The number of carbonyl (C=O) groups excluding carboxylic acids is 2. The van der Waals surface area contributed by atoms with Crippen molar-refractivity contribution < 1.29 is 39.5 Å². The quantitative estimate of drug-likeness (QED) is 0.173. The molecule has 0 bridgehead atoms. The van der Waals surface area contributed by atoms with Crippen molar-refractivity contribution in [2.24, 2.45) is 0 Å². The van der Waals surface area contributed by atoms with Crippen LogP contribution in [-0.4, -0.2) is 44.3 Å². The van der Waals surface area contributed by atoms with Gasteiger partial charge in [-0.1, -0.05) is 0 Å². The van der Waals surface area contributed by atoms with Crippen molar-refractivity contribution in [2.75, 3.05) is 0 Å². The second-order valence-corrected chi connectivity index (χ2v) is 2.34. The summed E-state index contributed by atoms with van der Waals surface area (Å²) in [5, 5.41) is 32.9. The van der Waals surface area contributed by atoms with Crippen molar-refractivity contribution in [3.63, 3.8) is 0 Å². The van der Waals surface area contributed by atoms with E-state index in [1.165, 1.54) is 0 Å². The second kappa shape index (κ2) is 4.65. The predicted molar refractivity (Wildman–Crippen MR) is 37.4 cm³/mol. The fourth-order valence-corrected chi connectivity index (χ4v) is 0.468. The van der Waals surface area contributed by atoms with Crippen molar-refractivity contribution in [2.45, 2.75) is 18.8 Å². The largest absolute Gasteiger partial charge is 0.473 e. The monoisotopic (exact) mass is 208 g/mol. The number of carbonyl (C=O) groups is 3. The Morgan fingerprint density at radius 3 is 2.00 bits per heavy atom. The highest BCUT2D eigenvalue weighted by molar-refractivity contribution is 6.30. The first-order valence-corrected chi connectivity index (χ1v) is 3.37. The second-order valence-electron chi connectivity index (χ2n) is 2.34. The zero-order chi connectivity index (χ0) is 11.4. The summed E-state index contributed by atoms with van der Waals surface area (Å²) in [5.74, 6) is -8.04. The molecule has 0 fully saturated rings. The molecule has 0 saturated heterocycles. The molecule has 0 rings (SSSR count). The number of rotatable bonds is 3. The lowest BCUT2D eigenvalue weighted by molar-refractivity contribution is -0.314. The Bertz CT molecular complexity index is 249. The molecule has 14 heavy (non-hydrogen) atoms. The van der Waals surface area contributed by atoms with Crippen LogP contribution in [0.15, 0.2) is 0 Å². The van der Waals surface area contributed by atoms with Gasteiger partial charge in [-0.25, -0.2) is 9.59 Å². The SMILES string of the molecule is O=C(CCC(O)(O)O)OC(=O)C(=O)O. The molecule has 0 heterocycles. The van der Waals surface area contributed by atoms with Gasteiger partial charge >= 0.3 is 17.9 Å². The number of carboxylic acid groups (broad SMARTS) is 1. The third kappa shape index (κ3) is 6.06. The Kier molecular flexibility index (Phi) is 4.15. The fraction of sp³-hybridized carbons (Fsp3) is 0.500. The summed E-state index contributed by atoms with van der Waals surface area (Å²) in [6.07, 6.45) is -1.50.